The average molecular weight is 426 g/mol. The van der Waals surface area contributed by atoms with Crippen LogP contribution in [-0.4, -0.2) is 38.1 Å². The molecule has 0 bridgehead atoms. The molecule has 2 unspecified atom stereocenters. The Balaban J connectivity index is 2.01. The number of nitrogens with one attached hydrogen (secondary N) is 1. The third kappa shape index (κ3) is 5.69. The molecule has 1 aliphatic rings. The molecule has 1 saturated heterocycles. The van der Waals surface area contributed by atoms with Crippen molar-refractivity contribution in [3.8, 4) is 0 Å². The van der Waals surface area contributed by atoms with Crippen molar-refractivity contribution in [1.29, 1.82) is 0 Å². The van der Waals surface area contributed by atoms with Crippen LogP contribution in [0.5, 0.6) is 0 Å². The van der Waals surface area contributed by atoms with Gasteiger partial charge in [0.2, 0.25) is 11.8 Å². The molecule has 0 radical (unpaired) electrons. The van der Waals surface area contributed by atoms with Crippen molar-refractivity contribution >= 4 is 28.7 Å². The van der Waals surface area contributed by atoms with Gasteiger partial charge in [0.1, 0.15) is 6.04 Å². The largest absolute Gasteiger partial charge is 0.349 e. The summed E-state index contributed by atoms with van der Waals surface area (Å²) in [6.07, 6.45) is 3.46. The highest BCUT2D eigenvalue weighted by molar-refractivity contribution is 8.14. The number of carbonyl (C=O) groups excluding carboxylic acids is 3. The minimum atomic E-state index is -0.841. The average Bonchev–Trinajstić information content (AvgIpc) is 3.13. The predicted octanol–water partition coefficient (Wildman–Crippen LogP) is 3.35. The molecule has 1 N–H and O–H groups in total. The van der Waals surface area contributed by atoms with Gasteiger partial charge in [-0.2, -0.15) is 0 Å². The molecule has 3 rings (SSSR count). The molecular formula is C23H27N3O3S. The topological polar surface area (TPSA) is 79.4 Å². The van der Waals surface area contributed by atoms with Gasteiger partial charge in [0.05, 0.1) is 5.92 Å². The Labute approximate surface area is 181 Å². The number of thioether (sulfide) groups is 1. The first-order valence-electron chi connectivity index (χ1n) is 9.96. The monoisotopic (exact) mass is 425 g/mol. The standard InChI is InChI=1S/C23H27N3O3S/c1-23(2,3)25-21(28)20(17-10-7-11-24-13-17)26(14-16-8-5-4-6-9-16)22(29)18-12-19(27)30-15-18/h4-11,13,18,20H,12,14-15H2,1-3H3,(H,25,28). The number of pyridine rings is 1. The van der Waals surface area contributed by atoms with Gasteiger partial charge in [0, 0.05) is 42.2 Å². The van der Waals surface area contributed by atoms with Crippen LogP contribution < -0.4 is 5.32 Å². The highest BCUT2D eigenvalue weighted by atomic mass is 32.2. The third-order valence-electron chi connectivity index (χ3n) is 4.75. The number of hydrogen-bond acceptors (Lipinski definition) is 5. The molecule has 0 aliphatic carbocycles. The summed E-state index contributed by atoms with van der Waals surface area (Å²) in [5, 5.41) is 3.02. The fourth-order valence-electron chi connectivity index (χ4n) is 3.43. The lowest BCUT2D eigenvalue weighted by atomic mass is 9.99. The lowest BCUT2D eigenvalue weighted by molar-refractivity contribution is -0.145. The highest BCUT2D eigenvalue weighted by Crippen LogP contribution is 2.32. The van der Waals surface area contributed by atoms with E-state index in [1.54, 1.807) is 29.4 Å². The number of amides is 2. The number of carbonyl (C=O) groups is 3. The van der Waals surface area contributed by atoms with E-state index < -0.39 is 17.5 Å². The number of benzene rings is 1. The van der Waals surface area contributed by atoms with Crippen molar-refractivity contribution in [1.82, 2.24) is 15.2 Å². The van der Waals surface area contributed by atoms with Crippen LogP contribution in [0, 0.1) is 5.92 Å². The van der Waals surface area contributed by atoms with Gasteiger partial charge in [0.15, 0.2) is 5.12 Å². The molecule has 0 saturated carbocycles. The normalized spacial score (nSPS) is 17.4. The van der Waals surface area contributed by atoms with E-state index in [9.17, 15) is 14.4 Å². The van der Waals surface area contributed by atoms with Gasteiger partial charge in [0.25, 0.3) is 0 Å². The zero-order valence-corrected chi connectivity index (χ0v) is 18.3. The zero-order chi connectivity index (χ0) is 21.7. The lowest BCUT2D eigenvalue weighted by Crippen LogP contribution is -2.50. The quantitative estimate of drug-likeness (QED) is 0.768. The molecule has 30 heavy (non-hydrogen) atoms. The van der Waals surface area contributed by atoms with Crippen LogP contribution >= 0.6 is 11.8 Å². The van der Waals surface area contributed by atoms with Crippen molar-refractivity contribution in [2.75, 3.05) is 5.75 Å². The molecule has 0 spiro atoms. The van der Waals surface area contributed by atoms with E-state index in [-0.39, 0.29) is 29.9 Å². The molecule has 1 aromatic carbocycles. The summed E-state index contributed by atoms with van der Waals surface area (Å²) in [5.74, 6) is -0.427. The Morgan fingerprint density at radius 3 is 2.50 bits per heavy atom. The number of nitrogens with zero attached hydrogens (tertiary/aromatic N) is 2. The SMILES string of the molecule is CC(C)(C)NC(=O)C(c1cccnc1)N(Cc1ccccc1)C(=O)C1CSC(=O)C1. The van der Waals surface area contributed by atoms with E-state index in [2.05, 4.69) is 10.3 Å². The maximum Gasteiger partial charge on any atom is 0.247 e. The zero-order valence-electron chi connectivity index (χ0n) is 17.5. The van der Waals surface area contributed by atoms with Gasteiger partial charge in [-0.15, -0.1) is 0 Å². The summed E-state index contributed by atoms with van der Waals surface area (Å²) in [6, 6.07) is 12.3. The fraction of sp³-hybridized carbons (Fsp3) is 0.391. The summed E-state index contributed by atoms with van der Waals surface area (Å²) < 4.78 is 0. The number of rotatable bonds is 6. The number of hydrogen-bond donors (Lipinski definition) is 1. The molecular weight excluding hydrogens is 398 g/mol. The van der Waals surface area contributed by atoms with Crippen LogP contribution in [0.4, 0.5) is 0 Å². The second-order valence-electron chi connectivity index (χ2n) is 8.46. The molecule has 2 atom stereocenters. The smallest absolute Gasteiger partial charge is 0.247 e. The van der Waals surface area contributed by atoms with Gasteiger partial charge >= 0.3 is 0 Å². The van der Waals surface area contributed by atoms with E-state index in [1.165, 1.54) is 11.8 Å². The highest BCUT2D eigenvalue weighted by Gasteiger charge is 2.39. The minimum absolute atomic E-state index is 0.0186. The third-order valence-corrected chi connectivity index (χ3v) is 5.80. The summed E-state index contributed by atoms with van der Waals surface area (Å²) in [4.78, 5) is 44.5. The van der Waals surface area contributed by atoms with E-state index in [1.807, 2.05) is 51.1 Å². The van der Waals surface area contributed by atoms with Gasteiger partial charge < -0.3 is 10.2 Å². The second kappa shape index (κ2) is 9.43. The van der Waals surface area contributed by atoms with E-state index in [0.717, 1.165) is 5.56 Å². The summed E-state index contributed by atoms with van der Waals surface area (Å²) in [5.41, 5.74) is 1.10. The first-order valence-corrected chi connectivity index (χ1v) is 10.9. The van der Waals surface area contributed by atoms with Crippen molar-refractivity contribution in [2.24, 2.45) is 5.92 Å². The molecule has 158 valence electrons. The number of aromatic nitrogens is 1. The maximum atomic E-state index is 13.5. The fourth-order valence-corrected chi connectivity index (χ4v) is 4.40. The van der Waals surface area contributed by atoms with Crippen LogP contribution in [0.3, 0.4) is 0 Å². The summed E-state index contributed by atoms with van der Waals surface area (Å²) >= 11 is 1.18. The Morgan fingerprint density at radius 1 is 1.20 bits per heavy atom. The molecule has 2 aromatic rings. The lowest BCUT2D eigenvalue weighted by Gasteiger charge is -2.35. The Hall–Kier alpha value is -2.67. The van der Waals surface area contributed by atoms with Gasteiger partial charge in [-0.1, -0.05) is 48.2 Å². The first-order chi connectivity index (χ1) is 14.2. The summed E-state index contributed by atoms with van der Waals surface area (Å²) in [6.45, 7) is 5.98. The first kappa shape index (κ1) is 22.0. The molecule has 1 aliphatic heterocycles. The molecule has 6 nitrogen and oxygen atoms in total. The summed E-state index contributed by atoms with van der Waals surface area (Å²) in [7, 11) is 0. The molecule has 7 heteroatoms. The van der Waals surface area contributed by atoms with Crippen molar-refractivity contribution in [2.45, 2.75) is 45.3 Å². The van der Waals surface area contributed by atoms with Crippen LogP contribution in [-0.2, 0) is 20.9 Å². The Morgan fingerprint density at radius 2 is 1.93 bits per heavy atom. The minimum Gasteiger partial charge on any atom is -0.349 e. The van der Waals surface area contributed by atoms with Gasteiger partial charge in [-0.05, 0) is 32.4 Å². The Bertz CT molecular complexity index is 897. The van der Waals surface area contributed by atoms with Crippen molar-refractivity contribution < 1.29 is 14.4 Å². The molecule has 2 heterocycles. The van der Waals surface area contributed by atoms with Crippen LogP contribution in [0.15, 0.2) is 54.9 Å². The molecule has 2 amide bonds. The van der Waals surface area contributed by atoms with Gasteiger partial charge in [-0.3, -0.25) is 19.4 Å². The van der Waals surface area contributed by atoms with Crippen molar-refractivity contribution in [3.63, 3.8) is 0 Å². The Kier molecular flexibility index (Phi) is 6.92. The predicted molar refractivity (Wildman–Crippen MR) is 117 cm³/mol. The van der Waals surface area contributed by atoms with Crippen LogP contribution in [0.25, 0.3) is 0 Å². The van der Waals surface area contributed by atoms with E-state index in [0.29, 0.717) is 11.3 Å². The van der Waals surface area contributed by atoms with Crippen LogP contribution in [0.2, 0.25) is 0 Å². The van der Waals surface area contributed by atoms with Crippen LogP contribution in [0.1, 0.15) is 44.4 Å². The maximum absolute atomic E-state index is 13.5. The van der Waals surface area contributed by atoms with Gasteiger partial charge in [-0.25, -0.2) is 0 Å². The molecule has 1 aromatic heterocycles. The van der Waals surface area contributed by atoms with E-state index in [4.69, 9.17) is 0 Å². The van der Waals surface area contributed by atoms with E-state index >= 15 is 0 Å². The van der Waals surface area contributed by atoms with Crippen molar-refractivity contribution in [3.05, 3.63) is 66.0 Å². The molecule has 1 fully saturated rings. The second-order valence-corrected chi connectivity index (χ2v) is 9.54.